The maximum absolute atomic E-state index is 9.60. The zero-order chi connectivity index (χ0) is 18.9. The lowest BCUT2D eigenvalue weighted by atomic mass is 10.1. The highest BCUT2D eigenvalue weighted by Crippen LogP contribution is 2.13. The van der Waals surface area contributed by atoms with Gasteiger partial charge in [0.15, 0.2) is 5.96 Å². The van der Waals surface area contributed by atoms with Gasteiger partial charge in [-0.15, -0.1) is 0 Å². The largest absolute Gasteiger partial charge is 0.393 e. The van der Waals surface area contributed by atoms with Gasteiger partial charge >= 0.3 is 0 Å². The van der Waals surface area contributed by atoms with E-state index in [-0.39, 0.29) is 6.10 Å². The van der Waals surface area contributed by atoms with Crippen LogP contribution in [0.1, 0.15) is 26.2 Å². The molecular weight excluding hydrogens is 340 g/mol. The normalized spacial score (nSPS) is 20.1. The van der Waals surface area contributed by atoms with E-state index in [2.05, 4.69) is 38.0 Å². The molecule has 7 heteroatoms. The number of likely N-dealkylation sites (tertiary alicyclic amines) is 1. The van der Waals surface area contributed by atoms with E-state index in [4.69, 9.17) is 4.99 Å². The van der Waals surface area contributed by atoms with Crippen LogP contribution < -0.4 is 10.2 Å². The molecule has 150 valence electrons. The monoisotopic (exact) mass is 374 g/mol. The maximum atomic E-state index is 9.60. The summed E-state index contributed by atoms with van der Waals surface area (Å²) in [6.45, 7) is 10.8. The van der Waals surface area contributed by atoms with E-state index >= 15 is 0 Å². The van der Waals surface area contributed by atoms with Gasteiger partial charge < -0.3 is 25.1 Å². The molecule has 3 heterocycles. The van der Waals surface area contributed by atoms with Crippen LogP contribution in [-0.2, 0) is 0 Å². The van der Waals surface area contributed by atoms with Gasteiger partial charge in [0.2, 0.25) is 0 Å². The topological polar surface area (TPSA) is 67.2 Å². The van der Waals surface area contributed by atoms with Crippen molar-refractivity contribution < 1.29 is 5.11 Å². The third-order valence-electron chi connectivity index (χ3n) is 5.34. The lowest BCUT2D eigenvalue weighted by Gasteiger charge is -2.37. The van der Waals surface area contributed by atoms with Gasteiger partial charge in [0.05, 0.1) is 6.10 Å². The van der Waals surface area contributed by atoms with E-state index in [1.807, 2.05) is 18.3 Å². The first-order valence-corrected chi connectivity index (χ1v) is 10.4. The third kappa shape index (κ3) is 6.07. The Kier molecular flexibility index (Phi) is 7.71. The number of piperazine rings is 1. The van der Waals surface area contributed by atoms with Gasteiger partial charge in [0.1, 0.15) is 5.82 Å². The fourth-order valence-corrected chi connectivity index (χ4v) is 3.74. The van der Waals surface area contributed by atoms with Crippen LogP contribution in [0.5, 0.6) is 0 Å². The lowest BCUT2D eigenvalue weighted by Crippen LogP contribution is -2.52. The summed E-state index contributed by atoms with van der Waals surface area (Å²) in [4.78, 5) is 16.5. The SMILES string of the molecule is CCNC(=NCCCN1CCC(O)CC1)N1CCN(c2ccccn2)CC1. The van der Waals surface area contributed by atoms with Crippen molar-refractivity contribution in [3.8, 4) is 0 Å². The van der Waals surface area contributed by atoms with Crippen molar-refractivity contribution in [2.45, 2.75) is 32.3 Å². The minimum atomic E-state index is -0.0932. The van der Waals surface area contributed by atoms with Crippen molar-refractivity contribution in [1.29, 1.82) is 0 Å². The number of aromatic nitrogens is 1. The Morgan fingerprint density at radius 2 is 1.96 bits per heavy atom. The molecule has 0 spiro atoms. The minimum Gasteiger partial charge on any atom is -0.393 e. The number of aliphatic imine (C=N–C) groups is 1. The van der Waals surface area contributed by atoms with Gasteiger partial charge in [-0.2, -0.15) is 0 Å². The molecule has 0 saturated carbocycles. The molecule has 0 atom stereocenters. The van der Waals surface area contributed by atoms with Crippen LogP contribution in [-0.4, -0.2) is 90.9 Å². The number of hydrogen-bond donors (Lipinski definition) is 2. The van der Waals surface area contributed by atoms with Crippen LogP contribution >= 0.6 is 0 Å². The van der Waals surface area contributed by atoms with Crippen LogP contribution in [0.3, 0.4) is 0 Å². The van der Waals surface area contributed by atoms with Crippen LogP contribution in [0.25, 0.3) is 0 Å². The summed E-state index contributed by atoms with van der Waals surface area (Å²) < 4.78 is 0. The fourth-order valence-electron chi connectivity index (χ4n) is 3.74. The molecule has 1 aromatic heterocycles. The molecule has 27 heavy (non-hydrogen) atoms. The summed E-state index contributed by atoms with van der Waals surface area (Å²) in [5.74, 6) is 2.10. The maximum Gasteiger partial charge on any atom is 0.194 e. The van der Waals surface area contributed by atoms with E-state index in [0.29, 0.717) is 0 Å². The molecule has 0 aliphatic carbocycles. The van der Waals surface area contributed by atoms with Crippen molar-refractivity contribution in [3.05, 3.63) is 24.4 Å². The second-order valence-electron chi connectivity index (χ2n) is 7.32. The second kappa shape index (κ2) is 10.5. The molecule has 0 aromatic carbocycles. The molecule has 0 amide bonds. The van der Waals surface area contributed by atoms with Crippen molar-refractivity contribution in [2.75, 3.05) is 63.8 Å². The van der Waals surface area contributed by atoms with Gasteiger partial charge in [-0.25, -0.2) is 4.98 Å². The summed E-state index contributed by atoms with van der Waals surface area (Å²) in [6, 6.07) is 6.08. The van der Waals surface area contributed by atoms with Crippen molar-refractivity contribution in [3.63, 3.8) is 0 Å². The number of aliphatic hydroxyl groups excluding tert-OH is 1. The Balaban J connectivity index is 1.43. The molecule has 2 N–H and O–H groups in total. The Morgan fingerprint density at radius 3 is 2.63 bits per heavy atom. The first-order chi connectivity index (χ1) is 13.3. The van der Waals surface area contributed by atoms with Crippen molar-refractivity contribution in [1.82, 2.24) is 20.1 Å². The van der Waals surface area contributed by atoms with Gasteiger partial charge in [0, 0.05) is 58.6 Å². The summed E-state index contributed by atoms with van der Waals surface area (Å²) in [6.07, 6.45) is 4.65. The van der Waals surface area contributed by atoms with Crippen molar-refractivity contribution in [2.24, 2.45) is 4.99 Å². The van der Waals surface area contributed by atoms with Crippen LogP contribution in [0.2, 0.25) is 0 Å². The first-order valence-electron chi connectivity index (χ1n) is 10.4. The first kappa shape index (κ1) is 19.9. The quantitative estimate of drug-likeness (QED) is 0.440. The zero-order valence-electron chi connectivity index (χ0n) is 16.6. The summed E-state index contributed by atoms with van der Waals surface area (Å²) in [7, 11) is 0. The second-order valence-corrected chi connectivity index (χ2v) is 7.32. The van der Waals surface area contributed by atoms with E-state index in [1.165, 1.54) is 0 Å². The van der Waals surface area contributed by atoms with Gasteiger partial charge in [-0.1, -0.05) is 6.07 Å². The molecule has 1 aromatic rings. The fraction of sp³-hybridized carbons (Fsp3) is 0.700. The van der Waals surface area contributed by atoms with Crippen LogP contribution in [0, 0.1) is 0 Å². The van der Waals surface area contributed by atoms with Crippen molar-refractivity contribution >= 4 is 11.8 Å². The Morgan fingerprint density at radius 1 is 1.19 bits per heavy atom. The number of aliphatic hydroxyl groups is 1. The predicted octanol–water partition coefficient (Wildman–Crippen LogP) is 1.02. The average Bonchev–Trinajstić information content (AvgIpc) is 2.72. The molecule has 2 aliphatic rings. The molecule has 2 fully saturated rings. The molecule has 0 bridgehead atoms. The number of nitrogens with one attached hydrogen (secondary N) is 1. The number of pyridine rings is 1. The Labute approximate surface area is 163 Å². The van der Waals surface area contributed by atoms with Gasteiger partial charge in [-0.05, 0) is 44.9 Å². The number of rotatable bonds is 6. The number of anilines is 1. The zero-order valence-corrected chi connectivity index (χ0v) is 16.6. The predicted molar refractivity (Wildman–Crippen MR) is 110 cm³/mol. The van der Waals surface area contributed by atoms with Crippen LogP contribution in [0.15, 0.2) is 29.4 Å². The van der Waals surface area contributed by atoms with E-state index in [9.17, 15) is 5.11 Å². The molecule has 2 saturated heterocycles. The Hall–Kier alpha value is -1.86. The number of hydrogen-bond acceptors (Lipinski definition) is 5. The van der Waals surface area contributed by atoms with Gasteiger partial charge in [0.25, 0.3) is 0 Å². The third-order valence-corrected chi connectivity index (χ3v) is 5.34. The number of guanidine groups is 1. The summed E-state index contributed by atoms with van der Waals surface area (Å²) in [5.41, 5.74) is 0. The molecule has 7 nitrogen and oxygen atoms in total. The van der Waals surface area contributed by atoms with Gasteiger partial charge in [-0.3, -0.25) is 4.99 Å². The smallest absolute Gasteiger partial charge is 0.194 e. The molecule has 2 aliphatic heterocycles. The standard InChI is InChI=1S/C20H34N6O/c1-2-21-20(23-10-5-11-24-12-7-18(27)8-13-24)26-16-14-25(15-17-26)19-6-3-4-9-22-19/h3-4,6,9,18,27H,2,5,7-8,10-17H2,1H3,(H,21,23). The van der Waals surface area contributed by atoms with E-state index in [1.54, 1.807) is 0 Å². The molecule has 0 unspecified atom stereocenters. The average molecular weight is 375 g/mol. The van der Waals surface area contributed by atoms with Crippen LogP contribution in [0.4, 0.5) is 5.82 Å². The summed E-state index contributed by atoms with van der Waals surface area (Å²) >= 11 is 0. The van der Waals surface area contributed by atoms with E-state index < -0.39 is 0 Å². The van der Waals surface area contributed by atoms with E-state index in [0.717, 1.165) is 89.9 Å². The Bertz CT molecular complexity index is 565. The molecule has 3 rings (SSSR count). The minimum absolute atomic E-state index is 0.0932. The number of nitrogens with zero attached hydrogens (tertiary/aromatic N) is 5. The number of piperidine rings is 1. The highest BCUT2D eigenvalue weighted by atomic mass is 16.3. The highest BCUT2D eigenvalue weighted by molar-refractivity contribution is 5.80. The highest BCUT2D eigenvalue weighted by Gasteiger charge is 2.20. The molecular formula is C20H34N6O. The lowest BCUT2D eigenvalue weighted by molar-refractivity contribution is 0.0824. The molecule has 0 radical (unpaired) electrons. The summed E-state index contributed by atoms with van der Waals surface area (Å²) in [5, 5.41) is 13.0.